The fourth-order valence-electron chi connectivity index (χ4n) is 2.08. The third kappa shape index (κ3) is 3.74. The molecule has 0 saturated carbocycles. The first-order chi connectivity index (χ1) is 8.38. The average molecular weight is 268 g/mol. The maximum atomic E-state index is 11.3. The van der Waals surface area contributed by atoms with E-state index in [0.717, 1.165) is 0 Å². The lowest BCUT2D eigenvalue weighted by Crippen LogP contribution is -2.37. The molecule has 0 spiro atoms. The molecule has 0 fully saturated rings. The van der Waals surface area contributed by atoms with Crippen LogP contribution in [0.1, 0.15) is 44.7 Å². The van der Waals surface area contributed by atoms with Gasteiger partial charge in [-0.2, -0.15) is 0 Å². The molecule has 2 nitrogen and oxygen atoms in total. The zero-order chi connectivity index (χ0) is 13.8. The Kier molecular flexibility index (Phi) is 5.21. The molecule has 1 aromatic rings. The van der Waals surface area contributed by atoms with Gasteiger partial charge < -0.3 is 5.32 Å². The number of alkyl halides is 1. The van der Waals surface area contributed by atoms with Gasteiger partial charge in [0.1, 0.15) is 5.88 Å². The number of carbonyl (C=O) groups excluding carboxylic acids is 1. The maximum absolute atomic E-state index is 11.3. The molecule has 0 heterocycles. The van der Waals surface area contributed by atoms with Crippen LogP contribution in [0.3, 0.4) is 0 Å². The third-order valence-corrected chi connectivity index (χ3v) is 3.40. The Morgan fingerprint density at radius 1 is 1.33 bits per heavy atom. The second-order valence-corrected chi connectivity index (χ2v) is 5.80. The summed E-state index contributed by atoms with van der Waals surface area (Å²) in [4.78, 5) is 11.3. The Hall–Kier alpha value is -1.02. The van der Waals surface area contributed by atoms with Gasteiger partial charge in [0.25, 0.3) is 0 Å². The molecular weight excluding hydrogens is 246 g/mol. The first-order valence-electron chi connectivity index (χ1n) is 6.30. The van der Waals surface area contributed by atoms with Crippen LogP contribution in [0.2, 0.25) is 0 Å². The van der Waals surface area contributed by atoms with Gasteiger partial charge in [0.2, 0.25) is 5.91 Å². The van der Waals surface area contributed by atoms with Gasteiger partial charge in [0.15, 0.2) is 0 Å². The molecule has 0 unspecified atom stereocenters. The molecule has 0 aromatic heterocycles. The van der Waals surface area contributed by atoms with Crippen molar-refractivity contribution < 1.29 is 4.79 Å². The highest BCUT2D eigenvalue weighted by atomic mass is 35.5. The first kappa shape index (κ1) is 15.0. The summed E-state index contributed by atoms with van der Waals surface area (Å²) in [6.07, 6.45) is 0. The van der Waals surface area contributed by atoms with Crippen LogP contribution in [0.25, 0.3) is 0 Å². The monoisotopic (exact) mass is 267 g/mol. The lowest BCUT2D eigenvalue weighted by molar-refractivity contribution is -0.118. The normalized spacial score (nSPS) is 11.7. The van der Waals surface area contributed by atoms with Crippen LogP contribution in [0.15, 0.2) is 24.3 Å². The highest BCUT2D eigenvalue weighted by Gasteiger charge is 2.24. The minimum absolute atomic E-state index is 0.0158. The van der Waals surface area contributed by atoms with E-state index in [4.69, 9.17) is 11.6 Å². The molecule has 1 amide bonds. The van der Waals surface area contributed by atoms with Crippen molar-refractivity contribution in [3.63, 3.8) is 0 Å². The standard InChI is InChI=1S/C15H22ClNO/c1-11(2)12-7-5-6-8-13(12)15(3,4)10-17-14(18)9-16/h5-8,11H,9-10H2,1-4H3,(H,17,18). The van der Waals surface area contributed by atoms with Crippen LogP contribution >= 0.6 is 11.6 Å². The van der Waals surface area contributed by atoms with E-state index in [1.807, 2.05) is 6.07 Å². The van der Waals surface area contributed by atoms with Crippen LogP contribution in [0.5, 0.6) is 0 Å². The van der Waals surface area contributed by atoms with Crippen LogP contribution in [0.4, 0.5) is 0 Å². The van der Waals surface area contributed by atoms with Crippen LogP contribution in [-0.4, -0.2) is 18.3 Å². The minimum atomic E-state index is -0.119. The van der Waals surface area contributed by atoms with E-state index in [1.165, 1.54) is 11.1 Å². The van der Waals surface area contributed by atoms with Crippen LogP contribution in [-0.2, 0) is 10.2 Å². The summed E-state index contributed by atoms with van der Waals surface area (Å²) >= 11 is 5.50. The second-order valence-electron chi connectivity index (χ2n) is 5.54. The summed E-state index contributed by atoms with van der Waals surface area (Å²) < 4.78 is 0. The Labute approximate surface area is 115 Å². The fraction of sp³-hybridized carbons (Fsp3) is 0.533. The van der Waals surface area contributed by atoms with E-state index >= 15 is 0 Å². The smallest absolute Gasteiger partial charge is 0.234 e. The average Bonchev–Trinajstić information content (AvgIpc) is 2.36. The molecule has 100 valence electrons. The number of nitrogens with one attached hydrogen (secondary N) is 1. The van der Waals surface area contributed by atoms with Crippen molar-refractivity contribution in [1.29, 1.82) is 0 Å². The van der Waals surface area contributed by atoms with Gasteiger partial charge in [-0.05, 0) is 17.0 Å². The highest BCUT2D eigenvalue weighted by molar-refractivity contribution is 6.27. The summed E-state index contributed by atoms with van der Waals surface area (Å²) in [6.45, 7) is 9.26. The lowest BCUT2D eigenvalue weighted by Gasteiger charge is -2.29. The molecule has 0 atom stereocenters. The number of halogens is 1. The zero-order valence-corrected chi connectivity index (χ0v) is 12.3. The second kappa shape index (κ2) is 6.24. The number of carbonyl (C=O) groups is 1. The summed E-state index contributed by atoms with van der Waals surface area (Å²) in [5.41, 5.74) is 2.53. The van der Waals surface area contributed by atoms with Gasteiger partial charge in [-0.1, -0.05) is 52.0 Å². The quantitative estimate of drug-likeness (QED) is 0.814. The molecular formula is C15H22ClNO. The van der Waals surface area contributed by atoms with Gasteiger partial charge in [0.05, 0.1) is 0 Å². The summed E-state index contributed by atoms with van der Waals surface area (Å²) in [7, 11) is 0. The molecule has 18 heavy (non-hydrogen) atoms. The Morgan fingerprint density at radius 2 is 1.94 bits per heavy atom. The first-order valence-corrected chi connectivity index (χ1v) is 6.84. The predicted octanol–water partition coefficient (Wildman–Crippen LogP) is 3.44. The molecule has 0 saturated heterocycles. The predicted molar refractivity (Wildman–Crippen MR) is 77.3 cm³/mol. The topological polar surface area (TPSA) is 29.1 Å². The van der Waals surface area contributed by atoms with Crippen molar-refractivity contribution >= 4 is 17.5 Å². The van der Waals surface area contributed by atoms with Gasteiger partial charge >= 0.3 is 0 Å². The van der Waals surface area contributed by atoms with Crippen molar-refractivity contribution in [2.24, 2.45) is 0 Å². The fourth-order valence-corrected chi connectivity index (χ4v) is 2.17. The van der Waals surface area contributed by atoms with E-state index in [2.05, 4.69) is 51.2 Å². The molecule has 1 aromatic carbocycles. The summed E-state index contributed by atoms with van der Waals surface area (Å²) in [5, 5.41) is 2.87. The lowest BCUT2D eigenvalue weighted by atomic mass is 9.79. The molecule has 1 rings (SSSR count). The van der Waals surface area contributed by atoms with Crippen molar-refractivity contribution in [1.82, 2.24) is 5.32 Å². The van der Waals surface area contributed by atoms with Gasteiger partial charge in [-0.3, -0.25) is 4.79 Å². The van der Waals surface area contributed by atoms with E-state index in [0.29, 0.717) is 12.5 Å². The van der Waals surface area contributed by atoms with Crippen molar-refractivity contribution in [3.05, 3.63) is 35.4 Å². The zero-order valence-electron chi connectivity index (χ0n) is 11.6. The van der Waals surface area contributed by atoms with Crippen LogP contribution < -0.4 is 5.32 Å². The SMILES string of the molecule is CC(C)c1ccccc1C(C)(C)CNC(=O)CCl. The molecule has 0 bridgehead atoms. The van der Waals surface area contributed by atoms with Gasteiger partial charge in [-0.25, -0.2) is 0 Å². The molecule has 1 N–H and O–H groups in total. The van der Waals surface area contributed by atoms with E-state index in [1.54, 1.807) is 0 Å². The molecule has 0 aliphatic rings. The number of benzene rings is 1. The van der Waals surface area contributed by atoms with E-state index < -0.39 is 0 Å². The minimum Gasteiger partial charge on any atom is -0.354 e. The highest BCUT2D eigenvalue weighted by Crippen LogP contribution is 2.30. The number of hydrogen-bond donors (Lipinski definition) is 1. The number of rotatable bonds is 5. The Bertz CT molecular complexity index is 413. The molecule has 0 radical (unpaired) electrons. The van der Waals surface area contributed by atoms with E-state index in [-0.39, 0.29) is 17.2 Å². The Morgan fingerprint density at radius 3 is 2.50 bits per heavy atom. The van der Waals surface area contributed by atoms with Crippen LogP contribution in [0, 0.1) is 0 Å². The van der Waals surface area contributed by atoms with Crippen molar-refractivity contribution in [2.45, 2.75) is 39.0 Å². The van der Waals surface area contributed by atoms with E-state index in [9.17, 15) is 4.79 Å². The maximum Gasteiger partial charge on any atom is 0.234 e. The Balaban J connectivity index is 2.93. The molecule has 0 aliphatic carbocycles. The molecule has 3 heteroatoms. The molecule has 0 aliphatic heterocycles. The third-order valence-electron chi connectivity index (χ3n) is 3.16. The van der Waals surface area contributed by atoms with Crippen molar-refractivity contribution in [3.8, 4) is 0 Å². The van der Waals surface area contributed by atoms with Gasteiger partial charge in [0, 0.05) is 12.0 Å². The van der Waals surface area contributed by atoms with Crippen molar-refractivity contribution in [2.75, 3.05) is 12.4 Å². The largest absolute Gasteiger partial charge is 0.354 e. The number of hydrogen-bond acceptors (Lipinski definition) is 1. The van der Waals surface area contributed by atoms with Gasteiger partial charge in [-0.15, -0.1) is 11.6 Å². The summed E-state index contributed by atoms with van der Waals surface area (Å²) in [5.74, 6) is 0.373. The summed E-state index contributed by atoms with van der Waals surface area (Å²) in [6, 6.07) is 8.41. The number of amides is 1.